The Morgan fingerprint density at radius 3 is 2.69 bits per heavy atom. The van der Waals surface area contributed by atoms with Crippen LogP contribution < -0.4 is 5.56 Å². The van der Waals surface area contributed by atoms with E-state index in [-0.39, 0.29) is 11.4 Å². The number of nitrogens with zero attached hydrogens (tertiary/aromatic N) is 6. The summed E-state index contributed by atoms with van der Waals surface area (Å²) in [5, 5.41) is 16.5. The molecule has 0 saturated carbocycles. The van der Waals surface area contributed by atoms with Crippen LogP contribution in [0.25, 0.3) is 22.4 Å². The average molecular weight is 368 g/mol. The average Bonchev–Trinajstić information content (AvgIpc) is 3.05. The maximum absolute atomic E-state index is 13.1. The molecule has 1 aromatic carbocycles. The smallest absolute Gasteiger partial charge is 0.277 e. The molecule has 10 heteroatoms. The summed E-state index contributed by atoms with van der Waals surface area (Å²) >= 11 is 1.38. The fraction of sp³-hybridized carbons (Fsp3) is 0.125. The second-order valence-corrected chi connectivity index (χ2v) is 6.28. The molecule has 3 aromatic heterocycles. The Balaban J connectivity index is 2.08. The Kier molecular flexibility index (Phi) is 3.69. The first-order valence-electron chi connectivity index (χ1n) is 7.58. The van der Waals surface area contributed by atoms with Crippen LogP contribution in [-0.2, 0) is 0 Å². The lowest BCUT2D eigenvalue weighted by Gasteiger charge is -2.09. The minimum absolute atomic E-state index is 0.147. The van der Waals surface area contributed by atoms with Crippen molar-refractivity contribution in [2.24, 2.45) is 0 Å². The number of nitro groups is 1. The standard InChI is InChI=1S/C16H12N6O3S/c1-9-13-12(21-15(17-9)18-16(19-21)26-2)7-8-20(14(13)23)10-5-3-4-6-11(10)22(24)25/h3-8H,1-2H3. The van der Waals surface area contributed by atoms with Crippen molar-refractivity contribution < 1.29 is 4.92 Å². The third-order valence-corrected chi connectivity index (χ3v) is 4.56. The highest BCUT2D eigenvalue weighted by Crippen LogP contribution is 2.23. The van der Waals surface area contributed by atoms with Gasteiger partial charge in [-0.15, -0.1) is 5.10 Å². The number of pyridine rings is 1. The summed E-state index contributed by atoms with van der Waals surface area (Å²) in [4.78, 5) is 32.5. The number of thioether (sulfide) groups is 1. The largest absolute Gasteiger partial charge is 0.293 e. The first-order valence-corrected chi connectivity index (χ1v) is 8.80. The molecule has 0 atom stereocenters. The highest BCUT2D eigenvalue weighted by molar-refractivity contribution is 7.98. The molecule has 0 N–H and O–H groups in total. The maximum atomic E-state index is 13.1. The number of fused-ring (bicyclic) bond motifs is 3. The predicted octanol–water partition coefficient (Wildman–Crippen LogP) is 2.37. The lowest BCUT2D eigenvalue weighted by molar-refractivity contribution is -0.384. The summed E-state index contributed by atoms with van der Waals surface area (Å²) in [7, 11) is 0. The molecule has 0 amide bonds. The van der Waals surface area contributed by atoms with Gasteiger partial charge in [-0.2, -0.15) is 9.50 Å². The maximum Gasteiger partial charge on any atom is 0.293 e. The molecule has 130 valence electrons. The summed E-state index contributed by atoms with van der Waals surface area (Å²) in [6.07, 6.45) is 3.36. The van der Waals surface area contributed by atoms with Gasteiger partial charge in [0, 0.05) is 12.3 Å². The normalized spacial score (nSPS) is 11.3. The number of nitro benzene ring substituents is 1. The van der Waals surface area contributed by atoms with Gasteiger partial charge in [-0.3, -0.25) is 19.5 Å². The third-order valence-electron chi connectivity index (χ3n) is 4.02. The minimum atomic E-state index is -0.511. The first-order chi connectivity index (χ1) is 12.5. The van der Waals surface area contributed by atoms with Gasteiger partial charge >= 0.3 is 0 Å². The zero-order valence-corrected chi connectivity index (χ0v) is 14.6. The summed E-state index contributed by atoms with van der Waals surface area (Å²) in [6.45, 7) is 1.71. The van der Waals surface area contributed by atoms with E-state index in [9.17, 15) is 14.9 Å². The second-order valence-electron chi connectivity index (χ2n) is 5.50. The van der Waals surface area contributed by atoms with Gasteiger partial charge in [-0.1, -0.05) is 23.9 Å². The first kappa shape index (κ1) is 16.2. The fourth-order valence-corrected chi connectivity index (χ4v) is 3.20. The van der Waals surface area contributed by atoms with Crippen LogP contribution >= 0.6 is 11.8 Å². The molecule has 0 radical (unpaired) electrons. The van der Waals surface area contributed by atoms with Crippen LogP contribution in [-0.4, -0.2) is 35.3 Å². The molecule has 0 saturated heterocycles. The zero-order chi connectivity index (χ0) is 18.4. The molecule has 0 unspecified atom stereocenters. The molecule has 0 bridgehead atoms. The van der Waals surface area contributed by atoms with Crippen molar-refractivity contribution in [1.82, 2.24) is 24.1 Å². The summed E-state index contributed by atoms with van der Waals surface area (Å²) in [6, 6.07) is 7.79. The topological polar surface area (TPSA) is 108 Å². The Bertz CT molecular complexity index is 1250. The SMILES string of the molecule is CSc1nc2nc(C)c3c(=O)n(-c4ccccc4[N+](=O)[O-])ccc3n2n1. The van der Waals surface area contributed by atoms with Crippen molar-refractivity contribution in [2.75, 3.05) is 6.26 Å². The van der Waals surface area contributed by atoms with E-state index in [2.05, 4.69) is 15.1 Å². The molecule has 0 spiro atoms. The Labute approximate surface area is 150 Å². The van der Waals surface area contributed by atoms with Crippen LogP contribution in [0, 0.1) is 17.0 Å². The summed E-state index contributed by atoms with van der Waals surface area (Å²) in [5.74, 6) is 0.405. The van der Waals surface area contributed by atoms with E-state index < -0.39 is 10.5 Å². The van der Waals surface area contributed by atoms with Gasteiger partial charge in [-0.25, -0.2) is 4.98 Å². The van der Waals surface area contributed by atoms with Gasteiger partial charge in [0.2, 0.25) is 5.16 Å². The molecule has 26 heavy (non-hydrogen) atoms. The number of hydrogen-bond donors (Lipinski definition) is 0. The monoisotopic (exact) mass is 368 g/mol. The highest BCUT2D eigenvalue weighted by atomic mass is 32.2. The number of rotatable bonds is 3. The Morgan fingerprint density at radius 2 is 1.96 bits per heavy atom. The minimum Gasteiger partial charge on any atom is -0.277 e. The van der Waals surface area contributed by atoms with Crippen LogP contribution in [0.2, 0.25) is 0 Å². The number of aryl methyl sites for hydroxylation is 1. The van der Waals surface area contributed by atoms with Gasteiger partial charge in [0.15, 0.2) is 0 Å². The highest BCUT2D eigenvalue weighted by Gasteiger charge is 2.19. The second kappa shape index (κ2) is 5.92. The molecule has 9 nitrogen and oxygen atoms in total. The van der Waals surface area contributed by atoms with E-state index in [4.69, 9.17) is 0 Å². The lowest BCUT2D eigenvalue weighted by atomic mass is 10.2. The van der Waals surface area contributed by atoms with Crippen LogP contribution in [0.4, 0.5) is 5.69 Å². The van der Waals surface area contributed by atoms with Gasteiger partial charge in [0.05, 0.1) is 21.5 Å². The van der Waals surface area contributed by atoms with E-state index in [0.29, 0.717) is 27.5 Å². The summed E-state index contributed by atoms with van der Waals surface area (Å²) < 4.78 is 2.77. The lowest BCUT2D eigenvalue weighted by Crippen LogP contribution is -2.21. The van der Waals surface area contributed by atoms with Crippen LogP contribution in [0.5, 0.6) is 0 Å². The number of aromatic nitrogens is 5. The number of hydrogen-bond acceptors (Lipinski definition) is 7. The van der Waals surface area contributed by atoms with Crippen LogP contribution in [0.1, 0.15) is 5.69 Å². The molecule has 0 fully saturated rings. The van der Waals surface area contributed by atoms with Gasteiger partial charge in [0.25, 0.3) is 17.0 Å². The van der Waals surface area contributed by atoms with Crippen molar-refractivity contribution >= 4 is 34.1 Å². The van der Waals surface area contributed by atoms with Crippen LogP contribution in [0.15, 0.2) is 46.5 Å². The van der Waals surface area contributed by atoms with Gasteiger partial charge in [-0.05, 0) is 25.3 Å². The van der Waals surface area contributed by atoms with Crippen molar-refractivity contribution in [2.45, 2.75) is 12.1 Å². The third kappa shape index (κ3) is 2.34. The Hall–Kier alpha value is -3.27. The van der Waals surface area contributed by atoms with E-state index in [1.165, 1.54) is 39.2 Å². The molecule has 0 aliphatic rings. The van der Waals surface area contributed by atoms with Crippen molar-refractivity contribution in [3.8, 4) is 5.69 Å². The van der Waals surface area contributed by atoms with Crippen molar-refractivity contribution in [3.63, 3.8) is 0 Å². The molecule has 4 rings (SSSR count). The summed E-state index contributed by atoms with van der Waals surface area (Å²) in [5.41, 5.74) is 0.703. The Morgan fingerprint density at radius 1 is 1.19 bits per heavy atom. The van der Waals surface area contributed by atoms with Gasteiger partial charge in [0.1, 0.15) is 5.69 Å². The zero-order valence-electron chi connectivity index (χ0n) is 13.8. The predicted molar refractivity (Wildman–Crippen MR) is 97.1 cm³/mol. The van der Waals surface area contributed by atoms with E-state index in [1.807, 2.05) is 6.26 Å². The molecule has 3 heterocycles. The van der Waals surface area contributed by atoms with Crippen molar-refractivity contribution in [1.29, 1.82) is 0 Å². The molecule has 0 aliphatic carbocycles. The van der Waals surface area contributed by atoms with Gasteiger partial charge < -0.3 is 0 Å². The molecule has 4 aromatic rings. The fourth-order valence-electron chi connectivity index (χ4n) is 2.87. The molecular formula is C16H12N6O3S. The number of benzene rings is 1. The van der Waals surface area contributed by atoms with E-state index in [1.54, 1.807) is 25.1 Å². The van der Waals surface area contributed by atoms with Crippen LogP contribution in [0.3, 0.4) is 0 Å². The van der Waals surface area contributed by atoms with E-state index in [0.717, 1.165) is 0 Å². The van der Waals surface area contributed by atoms with Crippen molar-refractivity contribution in [3.05, 3.63) is 62.7 Å². The quantitative estimate of drug-likeness (QED) is 0.310. The molecule has 0 aliphatic heterocycles. The van der Waals surface area contributed by atoms with E-state index >= 15 is 0 Å². The molecular weight excluding hydrogens is 356 g/mol. The number of para-hydroxylation sites is 2.